The third-order valence-corrected chi connectivity index (χ3v) is 3.76. The molecule has 6 heteroatoms. The molecule has 1 heterocycles. The number of anilines is 1. The molecule has 22 heavy (non-hydrogen) atoms. The van der Waals surface area contributed by atoms with Crippen LogP contribution in [0.5, 0.6) is 11.5 Å². The first-order valence-electron chi connectivity index (χ1n) is 7.49. The number of nitrogens with zero attached hydrogens (tertiary/aromatic N) is 1. The van der Waals surface area contributed by atoms with Crippen molar-refractivity contribution in [2.24, 2.45) is 0 Å². The van der Waals surface area contributed by atoms with Crippen LogP contribution in [0.15, 0.2) is 12.1 Å². The maximum Gasteiger partial charge on any atom is 0.260 e. The summed E-state index contributed by atoms with van der Waals surface area (Å²) in [6, 6.07) is 3.04. The Morgan fingerprint density at radius 2 is 1.95 bits per heavy atom. The van der Waals surface area contributed by atoms with E-state index in [0.29, 0.717) is 23.3 Å². The fourth-order valence-electron chi connectivity index (χ4n) is 2.57. The van der Waals surface area contributed by atoms with E-state index in [1.54, 1.807) is 0 Å². The largest absolute Gasteiger partial charge is 0.493 e. The monoisotopic (exact) mass is 306 g/mol. The normalized spacial score (nSPS) is 15.0. The Bertz CT molecular complexity index is 537. The zero-order valence-electron chi connectivity index (χ0n) is 12.8. The van der Waals surface area contributed by atoms with Gasteiger partial charge in [0, 0.05) is 18.7 Å². The van der Waals surface area contributed by atoms with Gasteiger partial charge in [-0.1, -0.05) is 12.8 Å². The Morgan fingerprint density at radius 1 is 1.27 bits per heavy atom. The van der Waals surface area contributed by atoms with E-state index in [4.69, 9.17) is 15.2 Å². The molecule has 1 aliphatic rings. The van der Waals surface area contributed by atoms with Gasteiger partial charge in [-0.15, -0.1) is 0 Å². The van der Waals surface area contributed by atoms with E-state index in [1.807, 2.05) is 4.90 Å². The Labute approximate surface area is 130 Å². The number of rotatable bonds is 5. The first-order chi connectivity index (χ1) is 10.7. The SMILES string of the molecule is COc1cc(C=O)cc(N)c1OCC(=O)N1CCCCCC1. The summed E-state index contributed by atoms with van der Waals surface area (Å²) in [5, 5.41) is 0. The highest BCUT2D eigenvalue weighted by Crippen LogP contribution is 2.34. The first-order valence-corrected chi connectivity index (χ1v) is 7.49. The van der Waals surface area contributed by atoms with Crippen molar-refractivity contribution in [3.8, 4) is 11.5 Å². The summed E-state index contributed by atoms with van der Waals surface area (Å²) in [6.07, 6.45) is 5.08. The zero-order chi connectivity index (χ0) is 15.9. The molecule has 2 rings (SSSR count). The predicted molar refractivity (Wildman–Crippen MR) is 83.3 cm³/mol. The van der Waals surface area contributed by atoms with E-state index >= 15 is 0 Å². The molecule has 1 saturated heterocycles. The highest BCUT2D eigenvalue weighted by Gasteiger charge is 2.18. The summed E-state index contributed by atoms with van der Waals surface area (Å²) in [4.78, 5) is 24.9. The number of aldehydes is 1. The second kappa shape index (κ2) is 7.68. The lowest BCUT2D eigenvalue weighted by atomic mass is 10.2. The van der Waals surface area contributed by atoms with Gasteiger partial charge < -0.3 is 20.1 Å². The number of hydrogen-bond acceptors (Lipinski definition) is 5. The van der Waals surface area contributed by atoms with E-state index in [1.165, 1.54) is 32.1 Å². The number of carbonyl (C=O) groups excluding carboxylic acids is 2. The van der Waals surface area contributed by atoms with Crippen LogP contribution in [0.4, 0.5) is 5.69 Å². The number of benzene rings is 1. The summed E-state index contributed by atoms with van der Waals surface area (Å²) < 4.78 is 10.7. The van der Waals surface area contributed by atoms with Crippen molar-refractivity contribution >= 4 is 17.9 Å². The molecule has 1 aromatic carbocycles. The van der Waals surface area contributed by atoms with Crippen LogP contribution in [-0.4, -0.2) is 43.9 Å². The van der Waals surface area contributed by atoms with Gasteiger partial charge in [0.1, 0.15) is 6.29 Å². The molecule has 1 aromatic rings. The smallest absolute Gasteiger partial charge is 0.260 e. The number of amides is 1. The summed E-state index contributed by atoms with van der Waals surface area (Å²) in [5.41, 5.74) is 6.56. The van der Waals surface area contributed by atoms with Crippen molar-refractivity contribution in [2.75, 3.05) is 32.5 Å². The van der Waals surface area contributed by atoms with Crippen molar-refractivity contribution in [1.29, 1.82) is 0 Å². The van der Waals surface area contributed by atoms with Gasteiger partial charge in [-0.2, -0.15) is 0 Å². The highest BCUT2D eigenvalue weighted by atomic mass is 16.5. The van der Waals surface area contributed by atoms with E-state index < -0.39 is 0 Å². The molecule has 0 radical (unpaired) electrons. The third-order valence-electron chi connectivity index (χ3n) is 3.76. The zero-order valence-corrected chi connectivity index (χ0v) is 12.8. The molecule has 0 atom stereocenters. The van der Waals surface area contributed by atoms with E-state index in [9.17, 15) is 9.59 Å². The standard InChI is InChI=1S/C16H22N2O4/c1-21-14-9-12(10-19)8-13(17)16(14)22-11-15(20)18-6-4-2-3-5-7-18/h8-10H,2-7,11,17H2,1H3. The summed E-state index contributed by atoms with van der Waals surface area (Å²) in [6.45, 7) is 1.47. The molecule has 2 N–H and O–H groups in total. The second-order valence-corrected chi connectivity index (χ2v) is 5.34. The molecule has 120 valence electrons. The Morgan fingerprint density at radius 3 is 2.55 bits per heavy atom. The van der Waals surface area contributed by atoms with E-state index in [-0.39, 0.29) is 18.2 Å². The quantitative estimate of drug-likeness (QED) is 0.663. The van der Waals surface area contributed by atoms with Crippen LogP contribution in [0.3, 0.4) is 0 Å². The lowest BCUT2D eigenvalue weighted by Crippen LogP contribution is -2.35. The van der Waals surface area contributed by atoms with Gasteiger partial charge >= 0.3 is 0 Å². The van der Waals surface area contributed by atoms with Gasteiger partial charge in [0.2, 0.25) is 0 Å². The number of hydrogen-bond donors (Lipinski definition) is 1. The molecular formula is C16H22N2O4. The molecular weight excluding hydrogens is 284 g/mol. The van der Waals surface area contributed by atoms with E-state index in [0.717, 1.165) is 25.9 Å². The molecule has 0 unspecified atom stereocenters. The van der Waals surface area contributed by atoms with Crippen LogP contribution < -0.4 is 15.2 Å². The number of carbonyl (C=O) groups is 2. The molecule has 0 aromatic heterocycles. The maximum absolute atomic E-state index is 12.2. The molecule has 1 fully saturated rings. The summed E-state index contributed by atoms with van der Waals surface area (Å²) in [7, 11) is 1.47. The minimum absolute atomic E-state index is 0.0529. The number of nitrogen functional groups attached to an aromatic ring is 1. The lowest BCUT2D eigenvalue weighted by molar-refractivity contribution is -0.133. The fourth-order valence-corrected chi connectivity index (χ4v) is 2.57. The van der Waals surface area contributed by atoms with Crippen molar-refractivity contribution < 1.29 is 19.1 Å². The molecule has 0 spiro atoms. The van der Waals surface area contributed by atoms with Crippen LogP contribution in [0.25, 0.3) is 0 Å². The van der Waals surface area contributed by atoms with Crippen molar-refractivity contribution in [3.63, 3.8) is 0 Å². The van der Waals surface area contributed by atoms with Crippen LogP contribution in [0.1, 0.15) is 36.0 Å². The molecule has 0 aliphatic carbocycles. The molecule has 6 nitrogen and oxygen atoms in total. The average Bonchev–Trinajstić information content (AvgIpc) is 2.81. The third kappa shape index (κ3) is 3.90. The average molecular weight is 306 g/mol. The van der Waals surface area contributed by atoms with Gasteiger partial charge in [0.25, 0.3) is 5.91 Å². The summed E-state index contributed by atoms with van der Waals surface area (Å²) >= 11 is 0. The lowest BCUT2D eigenvalue weighted by Gasteiger charge is -2.21. The second-order valence-electron chi connectivity index (χ2n) is 5.34. The number of methoxy groups -OCH3 is 1. The van der Waals surface area contributed by atoms with Crippen molar-refractivity contribution in [3.05, 3.63) is 17.7 Å². The number of ether oxygens (including phenoxy) is 2. The van der Waals surface area contributed by atoms with E-state index in [2.05, 4.69) is 0 Å². The maximum atomic E-state index is 12.2. The first kappa shape index (κ1) is 16.1. The Balaban J connectivity index is 2.04. The van der Waals surface area contributed by atoms with Crippen molar-refractivity contribution in [1.82, 2.24) is 4.90 Å². The van der Waals surface area contributed by atoms with Crippen LogP contribution in [-0.2, 0) is 4.79 Å². The number of nitrogens with two attached hydrogens (primary N) is 1. The van der Waals surface area contributed by atoms with Gasteiger partial charge in [-0.3, -0.25) is 9.59 Å². The highest BCUT2D eigenvalue weighted by molar-refractivity contribution is 5.81. The van der Waals surface area contributed by atoms with Gasteiger partial charge in [0.15, 0.2) is 18.1 Å². The topological polar surface area (TPSA) is 81.9 Å². The minimum atomic E-state index is -0.0823. The van der Waals surface area contributed by atoms with Crippen LogP contribution >= 0.6 is 0 Å². The van der Waals surface area contributed by atoms with Crippen LogP contribution in [0.2, 0.25) is 0 Å². The molecule has 1 aliphatic heterocycles. The Kier molecular flexibility index (Phi) is 5.63. The van der Waals surface area contributed by atoms with Gasteiger partial charge in [0.05, 0.1) is 12.8 Å². The predicted octanol–water partition coefficient (Wildman–Crippen LogP) is 1.87. The van der Waals surface area contributed by atoms with Gasteiger partial charge in [-0.25, -0.2) is 0 Å². The minimum Gasteiger partial charge on any atom is -0.493 e. The number of likely N-dealkylation sites (tertiary alicyclic amines) is 1. The van der Waals surface area contributed by atoms with Gasteiger partial charge in [-0.05, 0) is 25.0 Å². The molecule has 0 saturated carbocycles. The molecule has 1 amide bonds. The summed E-state index contributed by atoms with van der Waals surface area (Å²) in [5.74, 6) is 0.602. The van der Waals surface area contributed by atoms with Crippen LogP contribution in [0, 0.1) is 0 Å². The Hall–Kier alpha value is -2.24. The fraction of sp³-hybridized carbons (Fsp3) is 0.500. The molecule has 0 bridgehead atoms. The van der Waals surface area contributed by atoms with Crippen molar-refractivity contribution in [2.45, 2.75) is 25.7 Å².